The number of hydrogen-bond acceptors (Lipinski definition) is 1. The van der Waals surface area contributed by atoms with E-state index in [9.17, 15) is 0 Å². The lowest BCUT2D eigenvalue weighted by atomic mass is 10.3. The molecule has 48 valence electrons. The van der Waals surface area contributed by atoms with Gasteiger partial charge in [-0.25, -0.2) is 0 Å². The summed E-state index contributed by atoms with van der Waals surface area (Å²) in [6, 6.07) is 0. The Morgan fingerprint density at radius 1 is 1.50 bits per heavy atom. The minimum Gasteiger partial charge on any atom is -0.330 e. The second kappa shape index (κ2) is 2.24. The lowest BCUT2D eigenvalue weighted by Crippen LogP contribution is -2.02. The first-order valence-corrected chi connectivity index (χ1v) is 3.59. The maximum atomic E-state index is 5.84. The quantitative estimate of drug-likeness (QED) is 0.563. The summed E-state index contributed by atoms with van der Waals surface area (Å²) in [5.41, 5.74) is 5.41. The van der Waals surface area contributed by atoms with Crippen molar-refractivity contribution in [2.24, 2.45) is 17.6 Å². The molecule has 0 spiro atoms. The van der Waals surface area contributed by atoms with E-state index in [-0.39, 0.29) is 0 Å². The molecule has 8 heavy (non-hydrogen) atoms. The fourth-order valence-electron chi connectivity index (χ4n) is 1.23. The molecule has 0 aliphatic heterocycles. The first-order valence-electron chi connectivity index (χ1n) is 3.15. The predicted molar refractivity (Wildman–Crippen MR) is 36.0 cm³/mol. The number of halogens is 1. The predicted octanol–water partition coefficient (Wildman–Crippen LogP) is 1.21. The van der Waals surface area contributed by atoms with Gasteiger partial charge in [-0.3, -0.25) is 0 Å². The Hall–Kier alpha value is 0.250. The zero-order chi connectivity index (χ0) is 6.15. The third-order valence-corrected chi connectivity index (χ3v) is 2.62. The molecule has 1 saturated carbocycles. The van der Waals surface area contributed by atoms with Crippen LogP contribution in [0.3, 0.4) is 0 Å². The van der Waals surface area contributed by atoms with Crippen LogP contribution in [-0.4, -0.2) is 11.9 Å². The van der Waals surface area contributed by atoms with Gasteiger partial charge in [-0.2, -0.15) is 0 Å². The molecule has 1 fully saturated rings. The van der Waals surface area contributed by atoms with Gasteiger partial charge >= 0.3 is 0 Å². The first kappa shape index (κ1) is 6.37. The highest BCUT2D eigenvalue weighted by Gasteiger charge is 2.45. The normalized spacial score (nSPS) is 44.6. The smallest absolute Gasteiger partial charge is 0.0411 e. The standard InChI is InChI=1S/C6H12ClN/c1-2-4-5(3-8)6(4)7/h4-6H,2-3,8H2,1H3/t4-,5+,6+/m0/s1. The average molecular weight is 134 g/mol. The number of rotatable bonds is 2. The molecule has 1 aliphatic rings. The third-order valence-electron chi connectivity index (χ3n) is 1.97. The van der Waals surface area contributed by atoms with Crippen molar-refractivity contribution in [2.75, 3.05) is 6.54 Å². The molecular weight excluding hydrogens is 122 g/mol. The third kappa shape index (κ3) is 0.848. The largest absolute Gasteiger partial charge is 0.330 e. The van der Waals surface area contributed by atoms with E-state index in [0.717, 1.165) is 12.5 Å². The van der Waals surface area contributed by atoms with Gasteiger partial charge in [0, 0.05) is 5.38 Å². The molecule has 1 rings (SSSR count). The number of alkyl halides is 1. The molecule has 1 aliphatic carbocycles. The van der Waals surface area contributed by atoms with Crippen LogP contribution >= 0.6 is 11.6 Å². The van der Waals surface area contributed by atoms with Crippen molar-refractivity contribution in [3.8, 4) is 0 Å². The van der Waals surface area contributed by atoms with Gasteiger partial charge < -0.3 is 5.73 Å². The van der Waals surface area contributed by atoms with Crippen LogP contribution in [0.2, 0.25) is 0 Å². The molecule has 0 radical (unpaired) electrons. The topological polar surface area (TPSA) is 26.0 Å². The Morgan fingerprint density at radius 3 is 2.25 bits per heavy atom. The fourth-order valence-corrected chi connectivity index (χ4v) is 1.80. The van der Waals surface area contributed by atoms with E-state index in [1.165, 1.54) is 6.42 Å². The SMILES string of the molecule is CC[C@@H]1[C@@H](Cl)[C@@H]1CN. The highest BCUT2D eigenvalue weighted by Crippen LogP contribution is 2.45. The Kier molecular flexibility index (Phi) is 1.78. The zero-order valence-corrected chi connectivity index (χ0v) is 5.86. The molecular formula is C6H12ClN. The minimum atomic E-state index is 0.394. The summed E-state index contributed by atoms with van der Waals surface area (Å²) in [5.74, 6) is 1.35. The molecule has 0 aromatic rings. The second-order valence-electron chi connectivity index (χ2n) is 2.42. The van der Waals surface area contributed by atoms with Crippen molar-refractivity contribution in [3.63, 3.8) is 0 Å². The van der Waals surface area contributed by atoms with E-state index >= 15 is 0 Å². The minimum absolute atomic E-state index is 0.394. The van der Waals surface area contributed by atoms with Gasteiger partial charge in [0.2, 0.25) is 0 Å². The van der Waals surface area contributed by atoms with E-state index in [0.29, 0.717) is 11.3 Å². The molecule has 2 heteroatoms. The van der Waals surface area contributed by atoms with E-state index in [1.54, 1.807) is 0 Å². The molecule has 3 atom stereocenters. The molecule has 0 bridgehead atoms. The van der Waals surface area contributed by atoms with Crippen LogP contribution < -0.4 is 5.73 Å². The lowest BCUT2D eigenvalue weighted by Gasteiger charge is -1.84. The molecule has 0 saturated heterocycles. The van der Waals surface area contributed by atoms with Gasteiger partial charge in [-0.1, -0.05) is 13.3 Å². The molecule has 0 aromatic carbocycles. The van der Waals surface area contributed by atoms with Crippen molar-refractivity contribution in [3.05, 3.63) is 0 Å². The summed E-state index contributed by atoms with van der Waals surface area (Å²) in [5, 5.41) is 0.394. The van der Waals surface area contributed by atoms with E-state index in [4.69, 9.17) is 17.3 Å². The van der Waals surface area contributed by atoms with E-state index in [1.807, 2.05) is 0 Å². The molecule has 0 amide bonds. The van der Waals surface area contributed by atoms with Gasteiger partial charge in [0.25, 0.3) is 0 Å². The summed E-state index contributed by atoms with van der Waals surface area (Å²) < 4.78 is 0. The van der Waals surface area contributed by atoms with Crippen molar-refractivity contribution in [1.82, 2.24) is 0 Å². The highest BCUT2D eigenvalue weighted by atomic mass is 35.5. The maximum absolute atomic E-state index is 5.84. The van der Waals surface area contributed by atoms with Gasteiger partial charge in [0.05, 0.1) is 0 Å². The fraction of sp³-hybridized carbons (Fsp3) is 1.00. The Bertz CT molecular complexity index is 74.6. The van der Waals surface area contributed by atoms with Gasteiger partial charge in [0.15, 0.2) is 0 Å². The first-order chi connectivity index (χ1) is 3.81. The second-order valence-corrected chi connectivity index (χ2v) is 2.92. The zero-order valence-electron chi connectivity index (χ0n) is 5.10. The summed E-state index contributed by atoms with van der Waals surface area (Å²) in [6.45, 7) is 2.93. The van der Waals surface area contributed by atoms with Crippen LogP contribution in [0.15, 0.2) is 0 Å². The van der Waals surface area contributed by atoms with E-state index in [2.05, 4.69) is 6.92 Å². The summed E-state index contributed by atoms with van der Waals surface area (Å²) >= 11 is 5.84. The van der Waals surface area contributed by atoms with Crippen LogP contribution in [0.4, 0.5) is 0 Å². The summed E-state index contributed by atoms with van der Waals surface area (Å²) in [7, 11) is 0. The molecule has 0 heterocycles. The van der Waals surface area contributed by atoms with Crippen LogP contribution in [0.5, 0.6) is 0 Å². The van der Waals surface area contributed by atoms with Crippen molar-refractivity contribution < 1.29 is 0 Å². The van der Waals surface area contributed by atoms with Crippen LogP contribution in [0, 0.1) is 11.8 Å². The highest BCUT2D eigenvalue weighted by molar-refractivity contribution is 6.23. The van der Waals surface area contributed by atoms with Crippen molar-refractivity contribution in [1.29, 1.82) is 0 Å². The summed E-state index contributed by atoms with van der Waals surface area (Å²) in [6.07, 6.45) is 1.19. The van der Waals surface area contributed by atoms with Gasteiger partial charge in [-0.05, 0) is 18.4 Å². The van der Waals surface area contributed by atoms with Crippen LogP contribution in [0.25, 0.3) is 0 Å². The molecule has 0 aromatic heterocycles. The summed E-state index contributed by atoms with van der Waals surface area (Å²) in [4.78, 5) is 0. The maximum Gasteiger partial charge on any atom is 0.0411 e. The van der Waals surface area contributed by atoms with Crippen LogP contribution in [0.1, 0.15) is 13.3 Å². The average Bonchev–Trinajstić information content (AvgIpc) is 2.40. The molecule has 0 unspecified atom stereocenters. The Balaban J connectivity index is 2.23. The van der Waals surface area contributed by atoms with Crippen LogP contribution in [-0.2, 0) is 0 Å². The van der Waals surface area contributed by atoms with Crippen molar-refractivity contribution in [2.45, 2.75) is 18.7 Å². The molecule has 1 nitrogen and oxygen atoms in total. The monoisotopic (exact) mass is 133 g/mol. The lowest BCUT2D eigenvalue weighted by molar-refractivity contribution is 0.687. The van der Waals surface area contributed by atoms with E-state index < -0.39 is 0 Å². The Morgan fingerprint density at radius 2 is 2.12 bits per heavy atom. The van der Waals surface area contributed by atoms with Gasteiger partial charge in [-0.15, -0.1) is 11.6 Å². The Labute approximate surface area is 55.2 Å². The van der Waals surface area contributed by atoms with Crippen molar-refractivity contribution >= 4 is 11.6 Å². The number of hydrogen-bond donors (Lipinski definition) is 1. The number of nitrogens with two attached hydrogens (primary N) is 1. The van der Waals surface area contributed by atoms with Gasteiger partial charge in [0.1, 0.15) is 0 Å². The molecule has 2 N–H and O–H groups in total.